The number of aliphatic imine (C=N–C) groups is 1. The van der Waals surface area contributed by atoms with Crippen molar-refractivity contribution in [3.8, 4) is 5.75 Å². The summed E-state index contributed by atoms with van der Waals surface area (Å²) in [7, 11) is 5.03. The van der Waals surface area contributed by atoms with Crippen molar-refractivity contribution in [1.29, 1.82) is 0 Å². The lowest BCUT2D eigenvalue weighted by atomic mass is 10.3. The molecule has 150 valence electrons. The first kappa shape index (κ1) is 24.8. The van der Waals surface area contributed by atoms with E-state index in [1.165, 1.54) is 11.9 Å². The van der Waals surface area contributed by atoms with E-state index in [9.17, 15) is 13.2 Å². The van der Waals surface area contributed by atoms with E-state index < -0.39 is 12.7 Å². The predicted molar refractivity (Wildman–Crippen MR) is 110 cm³/mol. The fourth-order valence-electron chi connectivity index (χ4n) is 2.24. The minimum absolute atomic E-state index is 0. The lowest BCUT2D eigenvalue weighted by Crippen LogP contribution is -2.42. The fraction of sp³-hybridized carbons (Fsp3) is 0.588. The summed E-state index contributed by atoms with van der Waals surface area (Å²) in [6, 6.07) is 9.54. The number of likely N-dealkylation sites (N-methyl/N-ethyl adjacent to an activating group) is 1. The number of nitrogens with zero attached hydrogens (tertiary/aromatic N) is 3. The Hall–Kier alpha value is -1.23. The maximum absolute atomic E-state index is 12.2. The van der Waals surface area contributed by atoms with Gasteiger partial charge >= 0.3 is 6.18 Å². The Kier molecular flexibility index (Phi) is 12.4. The molecule has 9 heteroatoms. The molecule has 0 fully saturated rings. The highest BCUT2D eigenvalue weighted by Crippen LogP contribution is 2.15. The quantitative estimate of drug-likeness (QED) is 0.251. The van der Waals surface area contributed by atoms with Gasteiger partial charge in [-0.2, -0.15) is 13.2 Å². The van der Waals surface area contributed by atoms with E-state index in [2.05, 4.69) is 10.3 Å². The van der Waals surface area contributed by atoms with Crippen LogP contribution in [0.1, 0.15) is 6.42 Å². The van der Waals surface area contributed by atoms with Crippen molar-refractivity contribution in [2.45, 2.75) is 12.6 Å². The maximum atomic E-state index is 12.2. The van der Waals surface area contributed by atoms with Gasteiger partial charge in [-0.15, -0.1) is 24.0 Å². The van der Waals surface area contributed by atoms with Gasteiger partial charge in [0.2, 0.25) is 0 Å². The summed E-state index contributed by atoms with van der Waals surface area (Å²) in [4.78, 5) is 7.36. The third kappa shape index (κ3) is 11.4. The summed E-state index contributed by atoms with van der Waals surface area (Å²) in [5, 5.41) is 3.15. The average Bonchev–Trinajstić information content (AvgIpc) is 2.54. The molecule has 1 aromatic rings. The van der Waals surface area contributed by atoms with Gasteiger partial charge in [-0.1, -0.05) is 18.2 Å². The predicted octanol–water partition coefficient (Wildman–Crippen LogP) is 3.07. The van der Waals surface area contributed by atoms with Gasteiger partial charge in [0.25, 0.3) is 0 Å². The van der Waals surface area contributed by atoms with E-state index in [0.29, 0.717) is 38.6 Å². The molecule has 0 bridgehead atoms. The fourth-order valence-corrected chi connectivity index (χ4v) is 2.24. The molecule has 0 aliphatic rings. The average molecular weight is 488 g/mol. The van der Waals surface area contributed by atoms with Gasteiger partial charge in [0.1, 0.15) is 12.4 Å². The smallest absolute Gasteiger partial charge is 0.401 e. The van der Waals surface area contributed by atoms with Gasteiger partial charge in [0, 0.05) is 20.6 Å². The standard InChI is InChI=1S/C17H27F3N4O.HI/c1-21-16(22-10-7-11-23(2)14-17(18,19)20)24(3)12-13-25-15-8-5-4-6-9-15;/h4-6,8-9H,7,10-14H2,1-3H3,(H,21,22);1H. The van der Waals surface area contributed by atoms with Crippen LogP contribution < -0.4 is 10.1 Å². The Balaban J connectivity index is 0.00000625. The molecule has 0 spiro atoms. The van der Waals surface area contributed by atoms with E-state index in [1.807, 2.05) is 42.3 Å². The molecule has 5 nitrogen and oxygen atoms in total. The second-order valence-corrected chi connectivity index (χ2v) is 5.76. The van der Waals surface area contributed by atoms with E-state index in [0.717, 1.165) is 5.75 Å². The minimum atomic E-state index is -4.16. The topological polar surface area (TPSA) is 40.1 Å². The van der Waals surface area contributed by atoms with Crippen molar-refractivity contribution in [2.24, 2.45) is 4.99 Å². The number of alkyl halides is 3. The number of nitrogens with one attached hydrogen (secondary N) is 1. The Labute approximate surface area is 170 Å². The summed E-state index contributed by atoms with van der Waals surface area (Å²) in [6.45, 7) is 1.18. The minimum Gasteiger partial charge on any atom is -0.492 e. The molecule has 0 amide bonds. The van der Waals surface area contributed by atoms with E-state index >= 15 is 0 Å². The SMILES string of the molecule is CN=C(NCCCN(C)CC(F)(F)F)N(C)CCOc1ccccc1.I. The van der Waals surface area contributed by atoms with Crippen LogP contribution in [0.15, 0.2) is 35.3 Å². The number of hydrogen-bond acceptors (Lipinski definition) is 3. The van der Waals surface area contributed by atoms with Crippen molar-refractivity contribution in [2.75, 3.05) is 53.9 Å². The lowest BCUT2D eigenvalue weighted by molar-refractivity contribution is -0.143. The van der Waals surface area contributed by atoms with E-state index in [1.54, 1.807) is 7.05 Å². The molecule has 26 heavy (non-hydrogen) atoms. The normalized spacial score (nSPS) is 11.9. The molecule has 0 saturated carbocycles. The van der Waals surface area contributed by atoms with Gasteiger partial charge in [0.15, 0.2) is 5.96 Å². The number of guanidine groups is 1. The van der Waals surface area contributed by atoms with Crippen LogP contribution in [-0.2, 0) is 0 Å². The molecule has 0 aromatic heterocycles. The summed E-state index contributed by atoms with van der Waals surface area (Å²) in [5.41, 5.74) is 0. The molecule has 1 N–H and O–H groups in total. The summed E-state index contributed by atoms with van der Waals surface area (Å²) in [6.07, 6.45) is -3.56. The van der Waals surface area contributed by atoms with Crippen LogP contribution >= 0.6 is 24.0 Å². The second kappa shape index (κ2) is 13.0. The molecular formula is C17H28F3IN4O. The van der Waals surface area contributed by atoms with Crippen LogP contribution in [0.4, 0.5) is 13.2 Å². The van der Waals surface area contributed by atoms with Crippen molar-refractivity contribution in [3.63, 3.8) is 0 Å². The zero-order chi connectivity index (χ0) is 18.7. The van der Waals surface area contributed by atoms with Gasteiger partial charge < -0.3 is 15.0 Å². The summed E-state index contributed by atoms with van der Waals surface area (Å²) in [5.74, 6) is 1.50. The maximum Gasteiger partial charge on any atom is 0.401 e. The number of hydrogen-bond donors (Lipinski definition) is 1. The molecule has 0 aliphatic heterocycles. The molecule has 0 radical (unpaired) electrons. The zero-order valence-electron chi connectivity index (χ0n) is 15.4. The van der Waals surface area contributed by atoms with Gasteiger partial charge in [-0.3, -0.25) is 9.89 Å². The number of ether oxygens (including phenoxy) is 1. The van der Waals surface area contributed by atoms with Crippen molar-refractivity contribution in [3.05, 3.63) is 30.3 Å². The van der Waals surface area contributed by atoms with Crippen molar-refractivity contribution < 1.29 is 17.9 Å². The molecule has 0 heterocycles. The lowest BCUT2D eigenvalue weighted by Gasteiger charge is -2.23. The number of benzene rings is 1. The van der Waals surface area contributed by atoms with Crippen molar-refractivity contribution in [1.82, 2.24) is 15.1 Å². The van der Waals surface area contributed by atoms with Crippen molar-refractivity contribution >= 4 is 29.9 Å². The largest absolute Gasteiger partial charge is 0.492 e. The number of rotatable bonds is 9. The highest BCUT2D eigenvalue weighted by molar-refractivity contribution is 14.0. The molecule has 0 aliphatic carbocycles. The molecule has 0 unspecified atom stereocenters. The third-order valence-corrected chi connectivity index (χ3v) is 3.46. The Morgan fingerprint density at radius 3 is 2.38 bits per heavy atom. The molecule has 0 saturated heterocycles. The molecule has 1 aromatic carbocycles. The van der Waals surface area contributed by atoms with E-state index in [4.69, 9.17) is 4.74 Å². The second-order valence-electron chi connectivity index (χ2n) is 5.76. The van der Waals surface area contributed by atoms with Crippen LogP contribution in [0.25, 0.3) is 0 Å². The van der Waals surface area contributed by atoms with Gasteiger partial charge in [0.05, 0.1) is 13.1 Å². The zero-order valence-corrected chi connectivity index (χ0v) is 17.8. The summed E-state index contributed by atoms with van der Waals surface area (Å²) < 4.78 is 42.4. The highest BCUT2D eigenvalue weighted by Gasteiger charge is 2.28. The molecular weight excluding hydrogens is 460 g/mol. The highest BCUT2D eigenvalue weighted by atomic mass is 127. The Morgan fingerprint density at radius 1 is 1.15 bits per heavy atom. The first-order valence-electron chi connectivity index (χ1n) is 8.17. The van der Waals surface area contributed by atoms with Crippen LogP contribution in [-0.4, -0.2) is 75.9 Å². The Morgan fingerprint density at radius 2 is 1.81 bits per heavy atom. The third-order valence-electron chi connectivity index (χ3n) is 3.46. The van der Waals surface area contributed by atoms with Crippen LogP contribution in [0.2, 0.25) is 0 Å². The van der Waals surface area contributed by atoms with Gasteiger partial charge in [-0.05, 0) is 32.1 Å². The Bertz CT molecular complexity index is 514. The first-order chi connectivity index (χ1) is 11.8. The van der Waals surface area contributed by atoms with Crippen LogP contribution in [0.3, 0.4) is 0 Å². The number of para-hydroxylation sites is 1. The van der Waals surface area contributed by atoms with Gasteiger partial charge in [-0.25, -0.2) is 0 Å². The van der Waals surface area contributed by atoms with Crippen LogP contribution in [0.5, 0.6) is 5.75 Å². The number of halogens is 4. The van der Waals surface area contributed by atoms with E-state index in [-0.39, 0.29) is 24.0 Å². The summed E-state index contributed by atoms with van der Waals surface area (Å²) >= 11 is 0. The first-order valence-corrected chi connectivity index (χ1v) is 8.17. The molecule has 0 atom stereocenters. The molecule has 1 rings (SSSR count). The monoisotopic (exact) mass is 488 g/mol. The van der Waals surface area contributed by atoms with Crippen LogP contribution in [0, 0.1) is 0 Å².